The predicted octanol–water partition coefficient (Wildman–Crippen LogP) is 0.533. The summed E-state index contributed by atoms with van der Waals surface area (Å²) in [4.78, 5) is 37.6. The number of likely N-dealkylation sites (tertiary alicyclic amines) is 1. The number of aromatic nitrogens is 2. The number of aromatic amines is 1. The second-order valence-corrected chi connectivity index (χ2v) is 6.41. The Morgan fingerprint density at radius 2 is 1.89 bits per heavy atom. The average Bonchev–Trinajstić information content (AvgIpc) is 3.16. The number of ether oxygens (including phenoxy) is 2. The Morgan fingerprint density at radius 3 is 2.63 bits per heavy atom. The van der Waals surface area contributed by atoms with Gasteiger partial charge in [-0.1, -0.05) is 0 Å². The van der Waals surface area contributed by atoms with Gasteiger partial charge in [0, 0.05) is 30.8 Å². The van der Waals surface area contributed by atoms with Gasteiger partial charge in [-0.25, -0.2) is 5.10 Å². The summed E-state index contributed by atoms with van der Waals surface area (Å²) in [6, 6.07) is 7.75. The van der Waals surface area contributed by atoms with E-state index in [0.717, 1.165) is 0 Å². The molecule has 0 unspecified atom stereocenters. The first kappa shape index (κ1) is 17.1. The molecule has 2 aromatic rings. The summed E-state index contributed by atoms with van der Waals surface area (Å²) in [6.45, 7) is 1.25. The second kappa shape index (κ2) is 7.10. The summed E-state index contributed by atoms with van der Waals surface area (Å²) < 4.78 is 10.6. The Bertz CT molecular complexity index is 913. The fourth-order valence-electron chi connectivity index (χ4n) is 3.17. The van der Waals surface area contributed by atoms with Crippen LogP contribution in [0.25, 0.3) is 0 Å². The fraction of sp³-hybridized carbons (Fsp3) is 0.333. The molecule has 9 nitrogen and oxygen atoms in total. The highest BCUT2D eigenvalue weighted by molar-refractivity contribution is 5.95. The molecule has 0 saturated carbocycles. The van der Waals surface area contributed by atoms with Crippen molar-refractivity contribution in [1.29, 1.82) is 0 Å². The van der Waals surface area contributed by atoms with E-state index < -0.39 is 0 Å². The van der Waals surface area contributed by atoms with E-state index in [1.807, 2.05) is 0 Å². The Balaban J connectivity index is 1.33. The first-order valence-electron chi connectivity index (χ1n) is 8.66. The summed E-state index contributed by atoms with van der Waals surface area (Å²) in [5.74, 6) is 0.812. The van der Waals surface area contributed by atoms with Crippen LogP contribution < -0.4 is 20.3 Å². The molecule has 0 radical (unpaired) electrons. The van der Waals surface area contributed by atoms with Crippen molar-refractivity contribution in [3.05, 3.63) is 51.9 Å². The first-order chi connectivity index (χ1) is 13.1. The van der Waals surface area contributed by atoms with E-state index in [9.17, 15) is 14.4 Å². The Kier molecular flexibility index (Phi) is 4.49. The van der Waals surface area contributed by atoms with Gasteiger partial charge in [0.15, 0.2) is 11.5 Å². The Labute approximate surface area is 154 Å². The van der Waals surface area contributed by atoms with Gasteiger partial charge >= 0.3 is 0 Å². The number of nitrogens with one attached hydrogen (secondary N) is 2. The van der Waals surface area contributed by atoms with Crippen LogP contribution in [0.5, 0.6) is 11.5 Å². The average molecular weight is 370 g/mol. The molecular formula is C18H18N4O5. The summed E-state index contributed by atoms with van der Waals surface area (Å²) >= 11 is 0. The van der Waals surface area contributed by atoms with E-state index in [0.29, 0.717) is 43.0 Å². The van der Waals surface area contributed by atoms with Gasteiger partial charge in [0.1, 0.15) is 5.69 Å². The van der Waals surface area contributed by atoms with Crippen LogP contribution in [0.2, 0.25) is 0 Å². The molecule has 0 atom stereocenters. The van der Waals surface area contributed by atoms with Crippen molar-refractivity contribution in [2.45, 2.75) is 18.9 Å². The highest BCUT2D eigenvalue weighted by Gasteiger charge is 2.26. The quantitative estimate of drug-likeness (QED) is 0.815. The number of hydrogen-bond acceptors (Lipinski definition) is 6. The van der Waals surface area contributed by atoms with Crippen molar-refractivity contribution in [1.82, 2.24) is 20.4 Å². The molecule has 3 heterocycles. The van der Waals surface area contributed by atoms with Crippen LogP contribution in [0, 0.1) is 0 Å². The standard InChI is InChI=1S/C18H18N4O5/c23-16-4-2-13(20-21-16)17(24)19-12-5-7-22(8-6-12)18(25)11-1-3-14-15(9-11)27-10-26-14/h1-4,9,12H,5-8,10H2,(H,19,24)(H,21,23). The first-order valence-corrected chi connectivity index (χ1v) is 8.66. The van der Waals surface area contributed by atoms with Gasteiger partial charge in [-0.05, 0) is 37.1 Å². The van der Waals surface area contributed by atoms with Gasteiger partial charge in [-0.3, -0.25) is 14.4 Å². The van der Waals surface area contributed by atoms with Gasteiger partial charge < -0.3 is 19.7 Å². The van der Waals surface area contributed by atoms with E-state index in [-0.39, 0.29) is 35.9 Å². The zero-order valence-electron chi connectivity index (χ0n) is 14.4. The third kappa shape index (κ3) is 3.62. The van der Waals surface area contributed by atoms with Crippen LogP contribution in [0.1, 0.15) is 33.7 Å². The highest BCUT2D eigenvalue weighted by Crippen LogP contribution is 2.33. The topological polar surface area (TPSA) is 114 Å². The molecule has 27 heavy (non-hydrogen) atoms. The van der Waals surface area contributed by atoms with Crippen molar-refractivity contribution < 1.29 is 19.1 Å². The van der Waals surface area contributed by atoms with E-state index in [4.69, 9.17) is 9.47 Å². The molecular weight excluding hydrogens is 352 g/mol. The van der Waals surface area contributed by atoms with Crippen molar-refractivity contribution >= 4 is 11.8 Å². The van der Waals surface area contributed by atoms with Gasteiger partial charge in [0.2, 0.25) is 6.79 Å². The zero-order chi connectivity index (χ0) is 18.8. The minimum atomic E-state index is -0.359. The normalized spacial score (nSPS) is 16.2. The molecule has 2 aliphatic heterocycles. The monoisotopic (exact) mass is 370 g/mol. The maximum absolute atomic E-state index is 12.7. The number of amides is 2. The van der Waals surface area contributed by atoms with Crippen LogP contribution in [0.4, 0.5) is 0 Å². The highest BCUT2D eigenvalue weighted by atomic mass is 16.7. The number of nitrogens with zero attached hydrogens (tertiary/aromatic N) is 2. The van der Waals surface area contributed by atoms with Crippen LogP contribution in [-0.2, 0) is 0 Å². The lowest BCUT2D eigenvalue weighted by Crippen LogP contribution is -2.46. The van der Waals surface area contributed by atoms with Crippen LogP contribution in [0.15, 0.2) is 35.1 Å². The molecule has 0 spiro atoms. The van der Waals surface area contributed by atoms with E-state index in [2.05, 4.69) is 15.5 Å². The smallest absolute Gasteiger partial charge is 0.271 e. The Hall–Kier alpha value is -3.36. The molecule has 1 aromatic carbocycles. The van der Waals surface area contributed by atoms with Crippen LogP contribution in [-0.4, -0.2) is 52.8 Å². The minimum Gasteiger partial charge on any atom is -0.454 e. The van der Waals surface area contributed by atoms with E-state index >= 15 is 0 Å². The van der Waals surface area contributed by atoms with Crippen molar-refractivity contribution in [3.8, 4) is 11.5 Å². The molecule has 1 aromatic heterocycles. The number of benzene rings is 1. The van der Waals surface area contributed by atoms with Gasteiger partial charge in [0.05, 0.1) is 0 Å². The molecule has 2 amide bonds. The number of piperidine rings is 1. The number of fused-ring (bicyclic) bond motifs is 1. The molecule has 1 saturated heterocycles. The molecule has 2 aliphatic rings. The molecule has 140 valence electrons. The maximum Gasteiger partial charge on any atom is 0.271 e. The maximum atomic E-state index is 12.7. The summed E-state index contributed by atoms with van der Waals surface area (Å²) in [6.07, 6.45) is 1.29. The number of H-pyrrole nitrogens is 1. The van der Waals surface area contributed by atoms with Gasteiger partial charge in [-0.2, -0.15) is 5.10 Å². The molecule has 0 bridgehead atoms. The number of carbonyl (C=O) groups is 2. The lowest BCUT2D eigenvalue weighted by atomic mass is 10.0. The van der Waals surface area contributed by atoms with Crippen molar-refractivity contribution in [2.24, 2.45) is 0 Å². The number of rotatable bonds is 3. The summed E-state index contributed by atoms with van der Waals surface area (Å²) in [5.41, 5.74) is 0.356. The van der Waals surface area contributed by atoms with Crippen LogP contribution in [0.3, 0.4) is 0 Å². The SMILES string of the molecule is O=C(NC1CCN(C(=O)c2ccc3c(c2)OCO3)CC1)c1ccc(=O)[nH]n1. The predicted molar refractivity (Wildman–Crippen MR) is 93.8 cm³/mol. The lowest BCUT2D eigenvalue weighted by molar-refractivity contribution is 0.0697. The van der Waals surface area contributed by atoms with Crippen LogP contribution >= 0.6 is 0 Å². The van der Waals surface area contributed by atoms with E-state index in [1.165, 1.54) is 12.1 Å². The second-order valence-electron chi connectivity index (χ2n) is 6.41. The lowest BCUT2D eigenvalue weighted by Gasteiger charge is -2.32. The number of carbonyl (C=O) groups excluding carboxylic acids is 2. The molecule has 0 aliphatic carbocycles. The van der Waals surface area contributed by atoms with Crippen molar-refractivity contribution in [2.75, 3.05) is 19.9 Å². The molecule has 4 rings (SSSR count). The molecule has 2 N–H and O–H groups in total. The third-order valence-corrected chi connectivity index (χ3v) is 4.65. The summed E-state index contributed by atoms with van der Waals surface area (Å²) in [5, 5.41) is 8.85. The molecule has 9 heteroatoms. The van der Waals surface area contributed by atoms with E-state index in [1.54, 1.807) is 23.1 Å². The minimum absolute atomic E-state index is 0.0490. The van der Waals surface area contributed by atoms with Gasteiger partial charge in [-0.15, -0.1) is 0 Å². The number of hydrogen-bond donors (Lipinski definition) is 2. The zero-order valence-corrected chi connectivity index (χ0v) is 14.4. The van der Waals surface area contributed by atoms with Gasteiger partial charge in [0.25, 0.3) is 17.4 Å². The summed E-state index contributed by atoms with van der Waals surface area (Å²) in [7, 11) is 0. The molecule has 1 fully saturated rings. The Morgan fingerprint density at radius 1 is 1.11 bits per heavy atom. The van der Waals surface area contributed by atoms with Crippen molar-refractivity contribution in [3.63, 3.8) is 0 Å². The third-order valence-electron chi connectivity index (χ3n) is 4.65. The largest absolute Gasteiger partial charge is 0.454 e. The fourth-order valence-corrected chi connectivity index (χ4v) is 3.17.